The summed E-state index contributed by atoms with van der Waals surface area (Å²) in [7, 11) is 0. The molecule has 16 heavy (non-hydrogen) atoms. The lowest BCUT2D eigenvalue weighted by Gasteiger charge is -2.14. The van der Waals surface area contributed by atoms with E-state index in [-0.39, 0.29) is 17.7 Å². The van der Waals surface area contributed by atoms with E-state index < -0.39 is 0 Å². The zero-order valence-corrected chi connectivity index (χ0v) is 10.5. The molecule has 3 heteroatoms. The Morgan fingerprint density at radius 1 is 1.38 bits per heavy atom. The Kier molecular flexibility index (Phi) is 4.97. The van der Waals surface area contributed by atoms with E-state index >= 15 is 0 Å². The summed E-state index contributed by atoms with van der Waals surface area (Å²) >= 11 is 6.01. The minimum Gasteiger partial charge on any atom is -0.321 e. The first-order valence-electron chi connectivity index (χ1n) is 5.54. The van der Waals surface area contributed by atoms with E-state index in [0.717, 1.165) is 5.56 Å². The monoisotopic (exact) mass is 239 g/mol. The van der Waals surface area contributed by atoms with Gasteiger partial charge in [0.15, 0.2) is 0 Å². The molecule has 1 rings (SSSR count). The normalized spacial score (nSPS) is 12.8. The molecule has 0 radical (unpaired) electrons. The van der Waals surface area contributed by atoms with E-state index in [2.05, 4.69) is 0 Å². The number of rotatable bonds is 5. The van der Waals surface area contributed by atoms with Gasteiger partial charge in [-0.15, -0.1) is 0 Å². The molecule has 1 atom stereocenters. The molecule has 2 nitrogen and oxygen atoms in total. The minimum atomic E-state index is -0.359. The van der Waals surface area contributed by atoms with Gasteiger partial charge in [-0.25, -0.2) is 0 Å². The fraction of sp³-hybridized carbons (Fsp3) is 0.462. The van der Waals surface area contributed by atoms with Crippen LogP contribution in [0.2, 0.25) is 5.02 Å². The lowest BCUT2D eigenvalue weighted by Crippen LogP contribution is -2.35. The maximum absolute atomic E-state index is 11.7. The van der Waals surface area contributed by atoms with Crippen molar-refractivity contribution >= 4 is 17.4 Å². The summed E-state index contributed by atoms with van der Waals surface area (Å²) in [5.41, 5.74) is 6.79. The molecule has 0 aliphatic rings. The van der Waals surface area contributed by atoms with Crippen LogP contribution >= 0.6 is 11.6 Å². The Balaban J connectivity index is 2.52. The topological polar surface area (TPSA) is 43.1 Å². The Bertz CT molecular complexity index is 363. The molecule has 0 saturated heterocycles. The highest BCUT2D eigenvalue weighted by atomic mass is 35.5. The summed E-state index contributed by atoms with van der Waals surface area (Å²) in [6.07, 6.45) is 1.13. The molecule has 0 aromatic heterocycles. The average molecular weight is 240 g/mol. The summed E-state index contributed by atoms with van der Waals surface area (Å²) in [5, 5.41) is 0.716. The van der Waals surface area contributed by atoms with Crippen LogP contribution < -0.4 is 5.73 Å². The highest BCUT2D eigenvalue weighted by Gasteiger charge is 2.16. The number of aryl methyl sites for hydroxylation is 1. The van der Waals surface area contributed by atoms with Gasteiger partial charge in [0, 0.05) is 11.4 Å². The third-order valence-corrected chi connectivity index (χ3v) is 3.06. The highest BCUT2D eigenvalue weighted by molar-refractivity contribution is 6.31. The van der Waals surface area contributed by atoms with Gasteiger partial charge in [0.2, 0.25) is 0 Å². The van der Waals surface area contributed by atoms with Crippen molar-refractivity contribution in [2.75, 3.05) is 0 Å². The van der Waals surface area contributed by atoms with E-state index in [4.69, 9.17) is 17.3 Å². The largest absolute Gasteiger partial charge is 0.321 e. The van der Waals surface area contributed by atoms with Crippen LogP contribution in [0.1, 0.15) is 25.8 Å². The molecule has 0 amide bonds. The zero-order chi connectivity index (χ0) is 12.1. The van der Waals surface area contributed by atoms with Gasteiger partial charge in [0.05, 0.1) is 6.04 Å². The van der Waals surface area contributed by atoms with Crippen molar-refractivity contribution in [3.05, 3.63) is 34.9 Å². The number of carbonyl (C=O) groups excluding carboxylic acids is 1. The van der Waals surface area contributed by atoms with Crippen LogP contribution in [0.5, 0.6) is 0 Å². The number of nitrogens with two attached hydrogens (primary N) is 1. The molecule has 1 aromatic carbocycles. The van der Waals surface area contributed by atoms with E-state index in [1.54, 1.807) is 0 Å². The third-order valence-electron chi connectivity index (χ3n) is 2.69. The number of benzene rings is 1. The number of hydrogen-bond donors (Lipinski definition) is 1. The van der Waals surface area contributed by atoms with Gasteiger partial charge in [0.1, 0.15) is 5.78 Å². The van der Waals surface area contributed by atoms with Crippen molar-refractivity contribution in [1.29, 1.82) is 0 Å². The molecule has 0 fully saturated rings. The molecule has 1 unspecified atom stereocenters. The predicted molar refractivity (Wildman–Crippen MR) is 67.6 cm³/mol. The average Bonchev–Trinajstić information content (AvgIpc) is 2.26. The summed E-state index contributed by atoms with van der Waals surface area (Å²) in [4.78, 5) is 11.7. The SMILES string of the molecule is CC(C)C(N)C(=O)CCc1ccccc1Cl. The van der Waals surface area contributed by atoms with Crippen LogP contribution in [0.3, 0.4) is 0 Å². The Labute approximate surface area is 102 Å². The fourth-order valence-electron chi connectivity index (χ4n) is 1.50. The number of halogens is 1. The van der Waals surface area contributed by atoms with Crippen molar-refractivity contribution in [2.45, 2.75) is 32.7 Å². The van der Waals surface area contributed by atoms with Gasteiger partial charge in [-0.3, -0.25) is 4.79 Å². The summed E-state index contributed by atoms with van der Waals surface area (Å²) < 4.78 is 0. The number of ketones is 1. The van der Waals surface area contributed by atoms with E-state index in [0.29, 0.717) is 17.9 Å². The zero-order valence-electron chi connectivity index (χ0n) is 9.74. The van der Waals surface area contributed by atoms with Gasteiger partial charge in [-0.05, 0) is 24.0 Å². The van der Waals surface area contributed by atoms with Crippen LogP contribution in [0.25, 0.3) is 0 Å². The molecule has 0 aliphatic carbocycles. The fourth-order valence-corrected chi connectivity index (χ4v) is 1.73. The van der Waals surface area contributed by atoms with E-state index in [9.17, 15) is 4.79 Å². The first-order chi connectivity index (χ1) is 7.52. The molecule has 0 saturated carbocycles. The van der Waals surface area contributed by atoms with Crippen LogP contribution in [0.4, 0.5) is 0 Å². The van der Waals surface area contributed by atoms with Crippen molar-refractivity contribution in [3.63, 3.8) is 0 Å². The first-order valence-corrected chi connectivity index (χ1v) is 5.92. The Morgan fingerprint density at radius 2 is 2.00 bits per heavy atom. The van der Waals surface area contributed by atoms with Crippen LogP contribution in [0, 0.1) is 5.92 Å². The van der Waals surface area contributed by atoms with Crippen LogP contribution in [0.15, 0.2) is 24.3 Å². The molecule has 88 valence electrons. The summed E-state index contributed by atoms with van der Waals surface area (Å²) in [6.45, 7) is 3.91. The summed E-state index contributed by atoms with van der Waals surface area (Å²) in [6, 6.07) is 7.23. The van der Waals surface area contributed by atoms with Crippen molar-refractivity contribution in [1.82, 2.24) is 0 Å². The Hall–Kier alpha value is -0.860. The second kappa shape index (κ2) is 6.02. The minimum absolute atomic E-state index is 0.106. The Morgan fingerprint density at radius 3 is 2.56 bits per heavy atom. The second-order valence-electron chi connectivity index (χ2n) is 4.33. The van der Waals surface area contributed by atoms with Crippen molar-refractivity contribution in [3.8, 4) is 0 Å². The van der Waals surface area contributed by atoms with Gasteiger partial charge >= 0.3 is 0 Å². The molecular formula is C13H18ClNO. The molecular weight excluding hydrogens is 222 g/mol. The van der Waals surface area contributed by atoms with Crippen molar-refractivity contribution in [2.24, 2.45) is 11.7 Å². The van der Waals surface area contributed by atoms with E-state index in [1.807, 2.05) is 38.1 Å². The molecule has 0 aliphatic heterocycles. The second-order valence-corrected chi connectivity index (χ2v) is 4.73. The molecule has 0 heterocycles. The number of Topliss-reactive ketones (excluding diaryl/α,β-unsaturated/α-hetero) is 1. The molecule has 1 aromatic rings. The van der Waals surface area contributed by atoms with Crippen molar-refractivity contribution < 1.29 is 4.79 Å². The first kappa shape index (κ1) is 13.2. The quantitative estimate of drug-likeness (QED) is 0.859. The lowest BCUT2D eigenvalue weighted by atomic mass is 9.96. The lowest BCUT2D eigenvalue weighted by molar-refractivity contribution is -0.121. The number of carbonyl (C=O) groups is 1. The van der Waals surface area contributed by atoms with Gasteiger partial charge < -0.3 is 5.73 Å². The highest BCUT2D eigenvalue weighted by Crippen LogP contribution is 2.17. The standard InChI is InChI=1S/C13H18ClNO/c1-9(2)13(15)12(16)8-7-10-5-3-4-6-11(10)14/h3-6,9,13H,7-8,15H2,1-2H3. The maximum atomic E-state index is 11.7. The third kappa shape index (κ3) is 3.62. The smallest absolute Gasteiger partial charge is 0.150 e. The predicted octanol–water partition coefficient (Wildman–Crippen LogP) is 2.83. The molecule has 0 bridgehead atoms. The number of hydrogen-bond acceptors (Lipinski definition) is 2. The van der Waals surface area contributed by atoms with Gasteiger partial charge in [-0.1, -0.05) is 43.6 Å². The van der Waals surface area contributed by atoms with Gasteiger partial charge in [-0.2, -0.15) is 0 Å². The maximum Gasteiger partial charge on any atom is 0.150 e. The van der Waals surface area contributed by atoms with E-state index in [1.165, 1.54) is 0 Å². The van der Waals surface area contributed by atoms with Crippen LogP contribution in [-0.4, -0.2) is 11.8 Å². The van der Waals surface area contributed by atoms with Gasteiger partial charge in [0.25, 0.3) is 0 Å². The molecule has 0 spiro atoms. The molecule has 2 N–H and O–H groups in total. The summed E-state index contributed by atoms with van der Waals surface area (Å²) in [5.74, 6) is 0.300. The van der Waals surface area contributed by atoms with Crippen LogP contribution in [-0.2, 0) is 11.2 Å².